The molecule has 150 valence electrons. The van der Waals surface area contributed by atoms with Crippen molar-refractivity contribution in [2.45, 2.75) is 44.2 Å². The number of nitrogens with zero attached hydrogens (tertiary/aromatic N) is 2. The highest BCUT2D eigenvalue weighted by Gasteiger charge is 2.34. The van der Waals surface area contributed by atoms with Crippen LogP contribution in [0.3, 0.4) is 0 Å². The van der Waals surface area contributed by atoms with E-state index >= 15 is 0 Å². The number of alkyl halides is 3. The van der Waals surface area contributed by atoms with E-state index in [1.165, 1.54) is 11.9 Å². The molecule has 0 aromatic carbocycles. The topological polar surface area (TPSA) is 73.8 Å². The van der Waals surface area contributed by atoms with Gasteiger partial charge in [-0.15, -0.1) is 24.0 Å². The molecule has 1 heterocycles. The first-order chi connectivity index (χ1) is 10.8. The summed E-state index contributed by atoms with van der Waals surface area (Å²) >= 11 is 0. The molecule has 0 bridgehead atoms. The molecule has 1 atom stereocenters. The molecule has 1 saturated heterocycles. The zero-order valence-electron chi connectivity index (χ0n) is 15.0. The van der Waals surface area contributed by atoms with Crippen LogP contribution in [-0.4, -0.2) is 75.2 Å². The molecular weight excluding hydrogens is 472 g/mol. The summed E-state index contributed by atoms with van der Waals surface area (Å²) in [6.07, 6.45) is -3.62. The average molecular weight is 500 g/mol. The average Bonchev–Trinajstić information content (AvgIpc) is 2.81. The predicted molar refractivity (Wildman–Crippen MR) is 104 cm³/mol. The van der Waals surface area contributed by atoms with Crippen molar-refractivity contribution in [2.24, 2.45) is 4.99 Å². The molecule has 0 spiro atoms. The number of aliphatic imine (C=N–C) groups is 1. The third-order valence-corrected chi connectivity index (χ3v) is 6.44. The van der Waals surface area contributed by atoms with Crippen molar-refractivity contribution < 1.29 is 21.6 Å². The molecule has 1 aliphatic heterocycles. The van der Waals surface area contributed by atoms with Gasteiger partial charge in [0.05, 0.1) is 17.0 Å². The lowest BCUT2D eigenvalue weighted by Crippen LogP contribution is -2.47. The predicted octanol–water partition coefficient (Wildman–Crippen LogP) is 1.62. The van der Waals surface area contributed by atoms with Gasteiger partial charge in [0.25, 0.3) is 0 Å². The number of sulfone groups is 1. The molecule has 0 radical (unpaired) electrons. The Labute approximate surface area is 164 Å². The Balaban J connectivity index is 0.00000576. The second-order valence-electron chi connectivity index (χ2n) is 6.91. The van der Waals surface area contributed by atoms with E-state index < -0.39 is 27.3 Å². The number of hydrogen-bond donors (Lipinski definition) is 2. The van der Waals surface area contributed by atoms with Gasteiger partial charge in [-0.05, 0) is 27.2 Å². The summed E-state index contributed by atoms with van der Waals surface area (Å²) in [4.78, 5) is 5.33. The molecule has 0 aliphatic carbocycles. The van der Waals surface area contributed by atoms with Crippen molar-refractivity contribution >= 4 is 39.8 Å². The van der Waals surface area contributed by atoms with Gasteiger partial charge >= 0.3 is 6.18 Å². The van der Waals surface area contributed by atoms with Crippen molar-refractivity contribution in [3.63, 3.8) is 0 Å². The molecule has 11 heteroatoms. The molecule has 0 aromatic rings. The molecule has 6 nitrogen and oxygen atoms in total. The molecule has 25 heavy (non-hydrogen) atoms. The monoisotopic (exact) mass is 500 g/mol. The molecule has 0 saturated carbocycles. The van der Waals surface area contributed by atoms with E-state index in [0.717, 1.165) is 0 Å². The fourth-order valence-corrected chi connectivity index (χ4v) is 3.33. The Kier molecular flexibility index (Phi) is 9.47. The zero-order valence-corrected chi connectivity index (χ0v) is 18.1. The second kappa shape index (κ2) is 9.58. The first-order valence-corrected chi connectivity index (χ1v) is 9.48. The highest BCUT2D eigenvalue weighted by atomic mass is 127. The Morgan fingerprint density at radius 3 is 2.36 bits per heavy atom. The van der Waals surface area contributed by atoms with Crippen molar-refractivity contribution in [3.05, 3.63) is 0 Å². The maximum absolute atomic E-state index is 12.4. The minimum Gasteiger partial charge on any atom is -0.355 e. The van der Waals surface area contributed by atoms with Crippen LogP contribution in [0.2, 0.25) is 0 Å². The van der Waals surface area contributed by atoms with Gasteiger partial charge in [-0.1, -0.05) is 0 Å². The van der Waals surface area contributed by atoms with Crippen molar-refractivity contribution in [2.75, 3.05) is 39.0 Å². The number of hydrogen-bond acceptors (Lipinski definition) is 4. The number of nitrogens with one attached hydrogen (secondary N) is 2. The van der Waals surface area contributed by atoms with E-state index in [2.05, 4.69) is 15.6 Å². The van der Waals surface area contributed by atoms with Crippen LogP contribution in [-0.2, 0) is 9.84 Å². The van der Waals surface area contributed by atoms with E-state index in [4.69, 9.17) is 0 Å². The van der Waals surface area contributed by atoms with Crippen molar-refractivity contribution in [3.8, 4) is 0 Å². The maximum Gasteiger partial charge on any atom is 0.401 e. The van der Waals surface area contributed by atoms with E-state index in [1.54, 1.807) is 20.8 Å². The largest absolute Gasteiger partial charge is 0.401 e. The Morgan fingerprint density at radius 2 is 1.88 bits per heavy atom. The quantitative estimate of drug-likeness (QED) is 0.341. The van der Waals surface area contributed by atoms with Crippen LogP contribution in [0, 0.1) is 0 Å². The van der Waals surface area contributed by atoms with Crippen LogP contribution in [0.15, 0.2) is 4.99 Å². The minimum atomic E-state index is -4.20. The third kappa shape index (κ3) is 8.76. The van der Waals surface area contributed by atoms with Gasteiger partial charge in [0, 0.05) is 32.7 Å². The van der Waals surface area contributed by atoms with Crippen LogP contribution < -0.4 is 10.6 Å². The van der Waals surface area contributed by atoms with Gasteiger partial charge < -0.3 is 10.6 Å². The fourth-order valence-electron chi connectivity index (χ4n) is 2.35. The lowest BCUT2D eigenvalue weighted by Gasteiger charge is -2.21. The lowest BCUT2D eigenvalue weighted by atomic mass is 10.3. The number of guanidine groups is 1. The van der Waals surface area contributed by atoms with E-state index in [-0.39, 0.29) is 48.9 Å². The smallest absolute Gasteiger partial charge is 0.355 e. The summed E-state index contributed by atoms with van der Waals surface area (Å²) in [5.41, 5.74) is 0. The minimum absolute atomic E-state index is 0. The lowest BCUT2D eigenvalue weighted by molar-refractivity contribution is -0.143. The van der Waals surface area contributed by atoms with Crippen LogP contribution in [0.25, 0.3) is 0 Å². The second-order valence-corrected chi connectivity index (χ2v) is 9.77. The fraction of sp³-hybridized carbons (Fsp3) is 0.929. The van der Waals surface area contributed by atoms with Gasteiger partial charge in [0.2, 0.25) is 0 Å². The molecular formula is C14H28F3IN4O2S. The summed E-state index contributed by atoms with van der Waals surface area (Å²) in [5, 5.41) is 5.95. The molecule has 2 N–H and O–H groups in total. The Morgan fingerprint density at radius 1 is 1.28 bits per heavy atom. The number of rotatable bonds is 5. The molecule has 1 aliphatic rings. The van der Waals surface area contributed by atoms with Crippen molar-refractivity contribution in [1.82, 2.24) is 15.5 Å². The molecule has 0 aromatic heterocycles. The van der Waals surface area contributed by atoms with Gasteiger partial charge in [0.15, 0.2) is 15.8 Å². The Hall–Kier alpha value is -0.300. The van der Waals surface area contributed by atoms with E-state index in [0.29, 0.717) is 18.9 Å². The van der Waals surface area contributed by atoms with Gasteiger partial charge in [-0.25, -0.2) is 8.42 Å². The van der Waals surface area contributed by atoms with Gasteiger partial charge in [0.1, 0.15) is 0 Å². The standard InChI is InChI=1S/C14H27F3N4O2S.HI/c1-13(2,3)24(22,23)8-6-19-12(18-4)20-11-5-7-21(9-11)10-14(15,16)17;/h11H,5-10H2,1-4H3,(H2,18,19,20);1H. The molecule has 1 rings (SSSR count). The van der Waals surface area contributed by atoms with Crippen LogP contribution in [0.5, 0.6) is 0 Å². The zero-order chi connectivity index (χ0) is 18.6. The number of halogens is 4. The third-order valence-electron chi connectivity index (χ3n) is 3.84. The molecule has 0 amide bonds. The normalized spacial score (nSPS) is 20.3. The van der Waals surface area contributed by atoms with Crippen LogP contribution >= 0.6 is 24.0 Å². The Bertz CT molecular complexity index is 547. The SMILES string of the molecule is CN=C(NCCS(=O)(=O)C(C)(C)C)NC1CCN(CC(F)(F)F)C1.I. The highest BCUT2D eigenvalue weighted by molar-refractivity contribution is 14.0. The van der Waals surface area contributed by atoms with E-state index in [9.17, 15) is 21.6 Å². The summed E-state index contributed by atoms with van der Waals surface area (Å²) < 4.78 is 60.4. The molecule has 1 fully saturated rings. The van der Waals surface area contributed by atoms with E-state index in [1.807, 2.05) is 0 Å². The first-order valence-electron chi connectivity index (χ1n) is 7.82. The van der Waals surface area contributed by atoms with Gasteiger partial charge in [-0.2, -0.15) is 13.2 Å². The maximum atomic E-state index is 12.4. The number of likely N-dealkylation sites (tertiary alicyclic amines) is 1. The summed E-state index contributed by atoms with van der Waals surface area (Å²) in [6, 6.07) is -0.141. The van der Waals surface area contributed by atoms with Crippen molar-refractivity contribution in [1.29, 1.82) is 0 Å². The van der Waals surface area contributed by atoms with Crippen LogP contribution in [0.1, 0.15) is 27.2 Å². The summed E-state index contributed by atoms with van der Waals surface area (Å²) in [6.45, 7) is 4.85. The van der Waals surface area contributed by atoms with Crippen LogP contribution in [0.4, 0.5) is 13.2 Å². The van der Waals surface area contributed by atoms with Gasteiger partial charge in [-0.3, -0.25) is 9.89 Å². The highest BCUT2D eigenvalue weighted by Crippen LogP contribution is 2.20. The summed E-state index contributed by atoms with van der Waals surface area (Å²) in [5.74, 6) is 0.361. The first kappa shape index (κ1) is 24.7. The molecule has 1 unspecified atom stereocenters. The summed E-state index contributed by atoms with van der Waals surface area (Å²) in [7, 11) is -1.70.